The Balaban J connectivity index is 2.29. The molecule has 0 saturated carbocycles. The van der Waals surface area contributed by atoms with Crippen LogP contribution in [-0.2, 0) is 13.6 Å². The van der Waals surface area contributed by atoms with Gasteiger partial charge < -0.3 is 10.1 Å². The Hall–Kier alpha value is -1.52. The highest BCUT2D eigenvalue weighted by Gasteiger charge is 2.18. The van der Waals surface area contributed by atoms with Crippen LogP contribution in [0.4, 0.5) is 0 Å². The Morgan fingerprint density at radius 3 is 2.57 bits per heavy atom. The molecule has 0 bridgehead atoms. The molecule has 1 aromatic heterocycles. The largest absolute Gasteiger partial charge is 0.437 e. The van der Waals surface area contributed by atoms with E-state index in [0.717, 1.165) is 17.1 Å². The molecule has 5 heteroatoms. The fourth-order valence-corrected chi connectivity index (χ4v) is 2.17. The zero-order chi connectivity index (χ0) is 15.6. The molecular weight excluding hydrogens is 286 g/mol. The second kappa shape index (κ2) is 6.08. The van der Waals surface area contributed by atoms with Crippen molar-refractivity contribution < 1.29 is 4.74 Å². The van der Waals surface area contributed by atoms with Gasteiger partial charge in [0.15, 0.2) is 0 Å². The molecule has 1 aromatic carbocycles. The molecule has 0 radical (unpaired) electrons. The molecule has 1 heterocycles. The van der Waals surface area contributed by atoms with E-state index in [9.17, 15) is 0 Å². The van der Waals surface area contributed by atoms with Crippen molar-refractivity contribution >= 4 is 11.6 Å². The van der Waals surface area contributed by atoms with Crippen LogP contribution in [0.25, 0.3) is 0 Å². The minimum absolute atomic E-state index is 0.0317. The Morgan fingerprint density at radius 1 is 1.29 bits per heavy atom. The third-order valence-corrected chi connectivity index (χ3v) is 3.44. The van der Waals surface area contributed by atoms with Gasteiger partial charge in [0.05, 0.1) is 16.3 Å². The van der Waals surface area contributed by atoms with Crippen LogP contribution in [0.1, 0.15) is 32.0 Å². The zero-order valence-electron chi connectivity index (χ0n) is 13.2. The molecule has 0 atom stereocenters. The Kier molecular flexibility index (Phi) is 4.59. The first-order valence-corrected chi connectivity index (χ1v) is 7.35. The molecule has 0 aliphatic rings. The van der Waals surface area contributed by atoms with Gasteiger partial charge in [-0.15, -0.1) is 0 Å². The lowest BCUT2D eigenvalue weighted by atomic mass is 10.1. The van der Waals surface area contributed by atoms with Crippen LogP contribution in [0, 0.1) is 6.92 Å². The number of nitrogens with one attached hydrogen (secondary N) is 1. The average molecular weight is 308 g/mol. The van der Waals surface area contributed by atoms with E-state index >= 15 is 0 Å². The minimum Gasteiger partial charge on any atom is -0.437 e. The van der Waals surface area contributed by atoms with E-state index in [1.807, 2.05) is 38.2 Å². The summed E-state index contributed by atoms with van der Waals surface area (Å²) in [6.45, 7) is 9.08. The van der Waals surface area contributed by atoms with Crippen molar-refractivity contribution in [3.8, 4) is 11.6 Å². The normalized spacial score (nSPS) is 11.7. The number of halogens is 1. The molecule has 2 aromatic rings. The number of aromatic nitrogens is 2. The summed E-state index contributed by atoms with van der Waals surface area (Å²) in [6.07, 6.45) is 0. The summed E-state index contributed by atoms with van der Waals surface area (Å²) in [7, 11) is 1.87. The lowest BCUT2D eigenvalue weighted by Gasteiger charge is -2.21. The molecule has 21 heavy (non-hydrogen) atoms. The van der Waals surface area contributed by atoms with Crippen molar-refractivity contribution in [1.29, 1.82) is 0 Å². The molecule has 2 rings (SSSR count). The van der Waals surface area contributed by atoms with Gasteiger partial charge in [0.1, 0.15) is 5.75 Å². The number of aryl methyl sites for hydroxylation is 2. The van der Waals surface area contributed by atoms with E-state index < -0.39 is 0 Å². The van der Waals surface area contributed by atoms with E-state index in [4.69, 9.17) is 16.3 Å². The van der Waals surface area contributed by atoms with Gasteiger partial charge in [-0.2, -0.15) is 5.10 Å². The molecule has 1 N–H and O–H groups in total. The van der Waals surface area contributed by atoms with Crippen molar-refractivity contribution in [3.63, 3.8) is 0 Å². The third-order valence-electron chi connectivity index (χ3n) is 3.13. The van der Waals surface area contributed by atoms with Crippen LogP contribution in [-0.4, -0.2) is 15.3 Å². The van der Waals surface area contributed by atoms with Gasteiger partial charge in [0.25, 0.3) is 0 Å². The minimum atomic E-state index is 0.0317. The number of hydrogen-bond acceptors (Lipinski definition) is 3. The van der Waals surface area contributed by atoms with Gasteiger partial charge >= 0.3 is 0 Å². The van der Waals surface area contributed by atoms with Crippen LogP contribution < -0.4 is 10.1 Å². The van der Waals surface area contributed by atoms with Gasteiger partial charge in [-0.05, 0) is 39.8 Å². The molecule has 0 saturated heterocycles. The van der Waals surface area contributed by atoms with E-state index in [0.29, 0.717) is 17.3 Å². The molecule has 0 fully saturated rings. The van der Waals surface area contributed by atoms with Crippen molar-refractivity contribution in [2.24, 2.45) is 7.05 Å². The first-order chi connectivity index (χ1) is 9.78. The molecule has 114 valence electrons. The van der Waals surface area contributed by atoms with Crippen molar-refractivity contribution in [2.45, 2.75) is 39.8 Å². The van der Waals surface area contributed by atoms with Gasteiger partial charge in [-0.1, -0.05) is 23.7 Å². The highest BCUT2D eigenvalue weighted by Crippen LogP contribution is 2.32. The van der Waals surface area contributed by atoms with E-state index in [1.54, 1.807) is 4.68 Å². The lowest BCUT2D eigenvalue weighted by Crippen LogP contribution is -2.35. The van der Waals surface area contributed by atoms with Gasteiger partial charge in [-0.25, -0.2) is 4.68 Å². The number of benzene rings is 1. The molecule has 0 aliphatic carbocycles. The first-order valence-electron chi connectivity index (χ1n) is 6.98. The molecule has 0 spiro atoms. The summed E-state index contributed by atoms with van der Waals surface area (Å²) in [6, 6.07) is 7.45. The van der Waals surface area contributed by atoms with E-state index in [1.165, 1.54) is 0 Å². The smallest absolute Gasteiger partial charge is 0.222 e. The van der Waals surface area contributed by atoms with Crippen LogP contribution in [0.3, 0.4) is 0 Å². The summed E-state index contributed by atoms with van der Waals surface area (Å²) in [5.74, 6) is 1.36. The maximum atomic E-state index is 6.16. The Bertz CT molecular complexity index is 629. The summed E-state index contributed by atoms with van der Waals surface area (Å²) in [5.41, 5.74) is 2.04. The summed E-state index contributed by atoms with van der Waals surface area (Å²) >= 11 is 6.16. The van der Waals surface area contributed by atoms with Crippen molar-refractivity contribution in [2.75, 3.05) is 0 Å². The lowest BCUT2D eigenvalue weighted by molar-refractivity contribution is 0.401. The fourth-order valence-electron chi connectivity index (χ4n) is 2.00. The first kappa shape index (κ1) is 15.9. The summed E-state index contributed by atoms with van der Waals surface area (Å²) in [4.78, 5) is 0. The maximum Gasteiger partial charge on any atom is 0.222 e. The molecular formula is C16H22ClN3O. The summed E-state index contributed by atoms with van der Waals surface area (Å²) in [5, 5.41) is 8.50. The standard InChI is InChI=1S/C16H22ClN3O/c1-11-12(10-18-16(2,3)4)15(20(5)19-11)21-14-9-7-6-8-13(14)17/h6-9,18H,10H2,1-5H3. The molecule has 4 nitrogen and oxygen atoms in total. The summed E-state index contributed by atoms with van der Waals surface area (Å²) < 4.78 is 7.73. The number of nitrogens with zero attached hydrogens (tertiary/aromatic N) is 2. The highest BCUT2D eigenvalue weighted by atomic mass is 35.5. The maximum absolute atomic E-state index is 6.16. The Morgan fingerprint density at radius 2 is 1.95 bits per heavy atom. The number of ether oxygens (including phenoxy) is 1. The van der Waals surface area contributed by atoms with Crippen LogP contribution in [0.2, 0.25) is 5.02 Å². The Labute approximate surface area is 131 Å². The molecule has 0 aliphatic heterocycles. The van der Waals surface area contributed by atoms with E-state index in [-0.39, 0.29) is 5.54 Å². The third kappa shape index (κ3) is 3.99. The quantitative estimate of drug-likeness (QED) is 0.925. The predicted molar refractivity (Wildman–Crippen MR) is 86.1 cm³/mol. The number of para-hydroxylation sites is 1. The monoisotopic (exact) mass is 307 g/mol. The second-order valence-electron chi connectivity index (χ2n) is 6.13. The zero-order valence-corrected chi connectivity index (χ0v) is 14.0. The predicted octanol–water partition coefficient (Wildman–Crippen LogP) is 4.06. The van der Waals surface area contributed by atoms with Crippen LogP contribution >= 0.6 is 11.6 Å². The van der Waals surface area contributed by atoms with Crippen molar-refractivity contribution in [3.05, 3.63) is 40.5 Å². The van der Waals surface area contributed by atoms with E-state index in [2.05, 4.69) is 31.2 Å². The fraction of sp³-hybridized carbons (Fsp3) is 0.438. The average Bonchev–Trinajstić information content (AvgIpc) is 2.63. The SMILES string of the molecule is Cc1nn(C)c(Oc2ccccc2Cl)c1CNC(C)(C)C. The van der Waals surface area contributed by atoms with Crippen LogP contribution in [0.15, 0.2) is 24.3 Å². The van der Waals surface area contributed by atoms with Gasteiger partial charge in [0.2, 0.25) is 5.88 Å². The number of rotatable bonds is 4. The molecule has 0 unspecified atom stereocenters. The second-order valence-corrected chi connectivity index (χ2v) is 6.54. The van der Waals surface area contributed by atoms with Crippen molar-refractivity contribution in [1.82, 2.24) is 15.1 Å². The van der Waals surface area contributed by atoms with Gasteiger partial charge in [-0.3, -0.25) is 0 Å². The molecule has 0 amide bonds. The topological polar surface area (TPSA) is 39.1 Å². The highest BCUT2D eigenvalue weighted by molar-refractivity contribution is 6.32. The number of hydrogen-bond donors (Lipinski definition) is 1. The van der Waals surface area contributed by atoms with Crippen LogP contribution in [0.5, 0.6) is 11.6 Å². The van der Waals surface area contributed by atoms with Gasteiger partial charge in [0, 0.05) is 19.1 Å².